The number of nitrogens with one attached hydrogen (secondary N) is 2. The molecule has 0 saturated carbocycles. The predicted molar refractivity (Wildman–Crippen MR) is 113 cm³/mol. The van der Waals surface area contributed by atoms with Crippen LogP contribution in [-0.4, -0.2) is 17.9 Å². The topological polar surface area (TPSA) is 58.2 Å². The lowest BCUT2D eigenvalue weighted by Crippen LogP contribution is -2.49. The maximum atomic E-state index is 12.7. The minimum atomic E-state index is -0.564. The van der Waals surface area contributed by atoms with Crippen LogP contribution >= 0.6 is 0 Å². The normalized spacial score (nSPS) is 12.0. The molecule has 3 aromatic carbocycles. The molecule has 0 heterocycles. The summed E-state index contributed by atoms with van der Waals surface area (Å²) in [6.45, 7) is 4.32. The summed E-state index contributed by atoms with van der Waals surface area (Å²) in [6.07, 6.45) is 0.247. The van der Waals surface area contributed by atoms with Crippen molar-refractivity contribution in [2.45, 2.75) is 32.9 Å². The second-order valence-electron chi connectivity index (χ2n) is 7.31. The number of hydrogen-bond donors (Lipinski definition) is 2. The standard InChI is InChI=1S/C24H26N2O2/c1-17(2)23(24(28)25-16-18-9-4-3-5-10-18)26-22(27)15-20-13-8-12-19-11-6-7-14-21(19)20/h3-14,17,23H,15-16H2,1-2H3,(H,25,28)(H,26,27)/t23-/m0/s1. The van der Waals surface area contributed by atoms with E-state index >= 15 is 0 Å². The Labute approximate surface area is 166 Å². The maximum Gasteiger partial charge on any atom is 0.243 e. The second-order valence-corrected chi connectivity index (χ2v) is 7.31. The van der Waals surface area contributed by atoms with Crippen LogP contribution in [0.4, 0.5) is 0 Å². The van der Waals surface area contributed by atoms with Crippen molar-refractivity contribution in [2.75, 3.05) is 0 Å². The highest BCUT2D eigenvalue weighted by atomic mass is 16.2. The molecule has 0 bridgehead atoms. The second kappa shape index (κ2) is 9.18. The average molecular weight is 374 g/mol. The van der Waals surface area contributed by atoms with E-state index in [2.05, 4.69) is 10.6 Å². The molecule has 0 aliphatic carbocycles. The van der Waals surface area contributed by atoms with E-state index in [-0.39, 0.29) is 24.2 Å². The highest BCUT2D eigenvalue weighted by Crippen LogP contribution is 2.19. The van der Waals surface area contributed by atoms with E-state index in [9.17, 15) is 9.59 Å². The molecule has 0 fully saturated rings. The smallest absolute Gasteiger partial charge is 0.243 e. The number of fused-ring (bicyclic) bond motifs is 1. The Bertz CT molecular complexity index is 946. The van der Waals surface area contributed by atoms with Crippen LogP contribution in [0.25, 0.3) is 10.8 Å². The van der Waals surface area contributed by atoms with Crippen LogP contribution in [0.15, 0.2) is 72.8 Å². The fraction of sp³-hybridized carbons (Fsp3) is 0.250. The Kier molecular flexibility index (Phi) is 6.43. The van der Waals surface area contributed by atoms with Crippen molar-refractivity contribution in [2.24, 2.45) is 5.92 Å². The van der Waals surface area contributed by atoms with Gasteiger partial charge in [0.2, 0.25) is 11.8 Å². The van der Waals surface area contributed by atoms with E-state index in [1.165, 1.54) is 0 Å². The maximum absolute atomic E-state index is 12.7. The monoisotopic (exact) mass is 374 g/mol. The molecule has 4 nitrogen and oxygen atoms in total. The number of rotatable bonds is 7. The summed E-state index contributed by atoms with van der Waals surface area (Å²) < 4.78 is 0. The van der Waals surface area contributed by atoms with E-state index < -0.39 is 6.04 Å². The average Bonchev–Trinajstić information content (AvgIpc) is 2.71. The molecule has 144 valence electrons. The van der Waals surface area contributed by atoms with Gasteiger partial charge in [0.1, 0.15) is 6.04 Å². The summed E-state index contributed by atoms with van der Waals surface area (Å²) in [5.41, 5.74) is 1.99. The van der Waals surface area contributed by atoms with E-state index in [1.54, 1.807) is 0 Å². The molecule has 0 unspecified atom stereocenters. The summed E-state index contributed by atoms with van der Waals surface area (Å²) in [5.74, 6) is -0.317. The van der Waals surface area contributed by atoms with E-state index in [1.807, 2.05) is 86.6 Å². The molecule has 0 aliphatic rings. The quantitative estimate of drug-likeness (QED) is 0.660. The molecule has 0 saturated heterocycles. The van der Waals surface area contributed by atoms with Gasteiger partial charge in [-0.25, -0.2) is 0 Å². The van der Waals surface area contributed by atoms with Gasteiger partial charge in [-0.1, -0.05) is 86.6 Å². The first-order chi connectivity index (χ1) is 13.5. The summed E-state index contributed by atoms with van der Waals surface area (Å²) in [4.78, 5) is 25.3. The van der Waals surface area contributed by atoms with Crippen molar-refractivity contribution in [3.63, 3.8) is 0 Å². The number of benzene rings is 3. The van der Waals surface area contributed by atoms with E-state index in [0.29, 0.717) is 6.54 Å². The zero-order valence-electron chi connectivity index (χ0n) is 16.3. The van der Waals surface area contributed by atoms with Gasteiger partial charge in [0.25, 0.3) is 0 Å². The van der Waals surface area contributed by atoms with Gasteiger partial charge in [0.05, 0.1) is 6.42 Å². The molecular weight excluding hydrogens is 348 g/mol. The first kappa shape index (κ1) is 19.6. The van der Waals surface area contributed by atoms with Crippen molar-refractivity contribution < 1.29 is 9.59 Å². The molecule has 3 rings (SSSR count). The molecule has 0 radical (unpaired) electrons. The Morgan fingerprint density at radius 2 is 1.54 bits per heavy atom. The first-order valence-electron chi connectivity index (χ1n) is 9.62. The van der Waals surface area contributed by atoms with Crippen LogP contribution in [-0.2, 0) is 22.6 Å². The molecule has 28 heavy (non-hydrogen) atoms. The van der Waals surface area contributed by atoms with Crippen LogP contribution in [0.3, 0.4) is 0 Å². The minimum absolute atomic E-state index is 0.00718. The van der Waals surface area contributed by atoms with Crippen molar-refractivity contribution in [3.8, 4) is 0 Å². The number of hydrogen-bond acceptors (Lipinski definition) is 2. The predicted octanol–water partition coefficient (Wildman–Crippen LogP) is 3.84. The van der Waals surface area contributed by atoms with Crippen molar-refractivity contribution in [3.05, 3.63) is 83.9 Å². The highest BCUT2D eigenvalue weighted by molar-refractivity contribution is 5.92. The largest absolute Gasteiger partial charge is 0.350 e. The van der Waals surface area contributed by atoms with Gasteiger partial charge in [-0.05, 0) is 27.8 Å². The summed E-state index contributed by atoms with van der Waals surface area (Å²) >= 11 is 0. The van der Waals surface area contributed by atoms with E-state index in [0.717, 1.165) is 21.9 Å². The zero-order valence-corrected chi connectivity index (χ0v) is 16.3. The molecule has 0 aliphatic heterocycles. The Morgan fingerprint density at radius 1 is 0.857 bits per heavy atom. The summed E-state index contributed by atoms with van der Waals surface area (Å²) in [7, 11) is 0. The van der Waals surface area contributed by atoms with Crippen LogP contribution in [0.5, 0.6) is 0 Å². The van der Waals surface area contributed by atoms with Crippen LogP contribution in [0, 0.1) is 5.92 Å². The van der Waals surface area contributed by atoms with Crippen molar-refractivity contribution >= 4 is 22.6 Å². The fourth-order valence-electron chi connectivity index (χ4n) is 3.27. The molecule has 0 aromatic heterocycles. The summed E-state index contributed by atoms with van der Waals surface area (Å²) in [5, 5.41) is 8.01. The number of carbonyl (C=O) groups is 2. The third-order valence-corrected chi connectivity index (χ3v) is 4.81. The van der Waals surface area contributed by atoms with Crippen molar-refractivity contribution in [1.82, 2.24) is 10.6 Å². The van der Waals surface area contributed by atoms with Gasteiger partial charge in [0, 0.05) is 6.54 Å². The lowest BCUT2D eigenvalue weighted by molar-refractivity contribution is -0.129. The fourth-order valence-corrected chi connectivity index (χ4v) is 3.27. The first-order valence-corrected chi connectivity index (χ1v) is 9.62. The van der Waals surface area contributed by atoms with Gasteiger partial charge in [-0.2, -0.15) is 0 Å². The van der Waals surface area contributed by atoms with Gasteiger partial charge in [0.15, 0.2) is 0 Å². The molecule has 0 spiro atoms. The molecular formula is C24H26N2O2. The number of amides is 2. The van der Waals surface area contributed by atoms with Crippen LogP contribution in [0.1, 0.15) is 25.0 Å². The van der Waals surface area contributed by atoms with E-state index in [4.69, 9.17) is 0 Å². The molecule has 1 atom stereocenters. The Morgan fingerprint density at radius 3 is 2.29 bits per heavy atom. The van der Waals surface area contributed by atoms with Gasteiger partial charge in [-0.15, -0.1) is 0 Å². The minimum Gasteiger partial charge on any atom is -0.350 e. The van der Waals surface area contributed by atoms with Gasteiger partial charge < -0.3 is 10.6 Å². The number of carbonyl (C=O) groups excluding carboxylic acids is 2. The Balaban J connectivity index is 1.64. The lowest BCUT2D eigenvalue weighted by atomic mass is 10.00. The zero-order chi connectivity index (χ0) is 19.9. The summed E-state index contributed by atoms with van der Waals surface area (Å²) in [6, 6.07) is 23.1. The van der Waals surface area contributed by atoms with Crippen LogP contribution < -0.4 is 10.6 Å². The molecule has 2 N–H and O–H groups in total. The molecule has 4 heteroatoms. The lowest BCUT2D eigenvalue weighted by Gasteiger charge is -2.22. The van der Waals surface area contributed by atoms with Crippen LogP contribution in [0.2, 0.25) is 0 Å². The SMILES string of the molecule is CC(C)[C@H](NC(=O)Cc1cccc2ccccc12)C(=O)NCc1ccccc1. The third-order valence-electron chi connectivity index (χ3n) is 4.81. The third kappa shape index (κ3) is 4.97. The van der Waals surface area contributed by atoms with Gasteiger partial charge in [-0.3, -0.25) is 9.59 Å². The molecule has 3 aromatic rings. The molecule has 2 amide bonds. The highest BCUT2D eigenvalue weighted by Gasteiger charge is 2.24. The van der Waals surface area contributed by atoms with Gasteiger partial charge >= 0.3 is 0 Å². The Hall–Kier alpha value is -3.14. The van der Waals surface area contributed by atoms with Crippen molar-refractivity contribution in [1.29, 1.82) is 0 Å².